The van der Waals surface area contributed by atoms with Crippen molar-refractivity contribution in [1.29, 1.82) is 0 Å². The number of ether oxygens (including phenoxy) is 1. The molecule has 3 N–H and O–H groups in total. The van der Waals surface area contributed by atoms with Crippen molar-refractivity contribution in [3.8, 4) is 0 Å². The minimum Gasteiger partial charge on any atom is -0.383 e. The number of anilines is 2. The standard InChI is InChI=1S/C11H21N5O/c1-4-9-13-10(15-12)8-11(14-9)16(5-2)6-7-17-3/h8H,4-7,12H2,1-3H3,(H,13,14,15). The minimum absolute atomic E-state index is 0.641. The van der Waals surface area contributed by atoms with Crippen molar-refractivity contribution in [1.82, 2.24) is 9.97 Å². The van der Waals surface area contributed by atoms with Crippen LogP contribution < -0.4 is 16.2 Å². The number of methoxy groups -OCH3 is 1. The van der Waals surface area contributed by atoms with E-state index in [1.165, 1.54) is 0 Å². The summed E-state index contributed by atoms with van der Waals surface area (Å²) in [5.41, 5.74) is 2.57. The van der Waals surface area contributed by atoms with Crippen molar-refractivity contribution >= 4 is 11.6 Å². The number of hydrogen-bond donors (Lipinski definition) is 2. The molecule has 0 aromatic carbocycles. The van der Waals surface area contributed by atoms with E-state index in [0.717, 1.165) is 31.2 Å². The molecular formula is C11H21N5O. The van der Waals surface area contributed by atoms with E-state index < -0.39 is 0 Å². The summed E-state index contributed by atoms with van der Waals surface area (Å²) in [6, 6.07) is 1.85. The Kier molecular flexibility index (Phi) is 5.65. The zero-order chi connectivity index (χ0) is 12.7. The summed E-state index contributed by atoms with van der Waals surface area (Å²) >= 11 is 0. The number of nitrogen functional groups attached to an aromatic ring is 1. The second-order valence-electron chi connectivity index (χ2n) is 3.60. The van der Waals surface area contributed by atoms with Gasteiger partial charge in [-0.15, -0.1) is 0 Å². The van der Waals surface area contributed by atoms with Gasteiger partial charge in [0.15, 0.2) is 0 Å². The first-order valence-corrected chi connectivity index (χ1v) is 5.83. The molecule has 6 nitrogen and oxygen atoms in total. The number of likely N-dealkylation sites (N-methyl/N-ethyl adjacent to an activating group) is 1. The summed E-state index contributed by atoms with van der Waals surface area (Å²) in [4.78, 5) is 10.9. The second kappa shape index (κ2) is 7.03. The number of nitrogens with two attached hydrogens (primary N) is 1. The van der Waals surface area contributed by atoms with E-state index in [1.54, 1.807) is 7.11 Å². The van der Waals surface area contributed by atoms with Gasteiger partial charge in [-0.3, -0.25) is 0 Å². The van der Waals surface area contributed by atoms with E-state index in [0.29, 0.717) is 12.4 Å². The van der Waals surface area contributed by atoms with E-state index in [4.69, 9.17) is 10.6 Å². The summed E-state index contributed by atoms with van der Waals surface area (Å²) in [6.07, 6.45) is 0.782. The van der Waals surface area contributed by atoms with E-state index in [2.05, 4.69) is 27.2 Å². The van der Waals surface area contributed by atoms with Gasteiger partial charge in [-0.1, -0.05) is 6.92 Å². The fraction of sp³-hybridized carbons (Fsp3) is 0.636. The lowest BCUT2D eigenvalue weighted by atomic mass is 10.4. The van der Waals surface area contributed by atoms with E-state index >= 15 is 0 Å². The number of aryl methyl sites for hydroxylation is 1. The van der Waals surface area contributed by atoms with Gasteiger partial charge in [-0.05, 0) is 6.92 Å². The molecule has 0 spiro atoms. The molecule has 96 valence electrons. The van der Waals surface area contributed by atoms with Gasteiger partial charge in [0.25, 0.3) is 0 Å². The van der Waals surface area contributed by atoms with Crippen LogP contribution in [-0.4, -0.2) is 36.8 Å². The van der Waals surface area contributed by atoms with Crippen LogP contribution in [0, 0.1) is 0 Å². The number of rotatable bonds is 7. The predicted molar refractivity (Wildman–Crippen MR) is 69.0 cm³/mol. The van der Waals surface area contributed by atoms with Crippen LogP contribution in [0.4, 0.5) is 11.6 Å². The first-order valence-electron chi connectivity index (χ1n) is 5.83. The van der Waals surface area contributed by atoms with Gasteiger partial charge in [0.2, 0.25) is 0 Å². The molecule has 0 fully saturated rings. The summed E-state index contributed by atoms with van der Waals surface area (Å²) in [6.45, 7) is 6.44. The van der Waals surface area contributed by atoms with Gasteiger partial charge in [-0.25, -0.2) is 15.8 Å². The number of hydrazine groups is 1. The first-order chi connectivity index (χ1) is 8.24. The van der Waals surface area contributed by atoms with Crippen molar-refractivity contribution in [2.75, 3.05) is 37.1 Å². The smallest absolute Gasteiger partial charge is 0.145 e. The van der Waals surface area contributed by atoms with Crippen molar-refractivity contribution in [2.24, 2.45) is 5.84 Å². The molecule has 0 aliphatic heterocycles. The molecule has 1 aromatic rings. The molecule has 0 aliphatic carbocycles. The number of hydrogen-bond acceptors (Lipinski definition) is 6. The highest BCUT2D eigenvalue weighted by Crippen LogP contribution is 2.15. The molecule has 0 atom stereocenters. The van der Waals surface area contributed by atoms with Crippen LogP contribution in [-0.2, 0) is 11.2 Å². The summed E-state index contributed by atoms with van der Waals surface area (Å²) < 4.78 is 5.08. The Morgan fingerprint density at radius 3 is 2.71 bits per heavy atom. The van der Waals surface area contributed by atoms with Crippen LogP contribution in [0.1, 0.15) is 19.7 Å². The largest absolute Gasteiger partial charge is 0.383 e. The Balaban J connectivity index is 2.92. The van der Waals surface area contributed by atoms with E-state index in [9.17, 15) is 0 Å². The Morgan fingerprint density at radius 1 is 1.41 bits per heavy atom. The minimum atomic E-state index is 0.641. The topological polar surface area (TPSA) is 76.3 Å². The Morgan fingerprint density at radius 2 is 2.18 bits per heavy atom. The van der Waals surface area contributed by atoms with Crippen LogP contribution in [0.15, 0.2) is 6.07 Å². The van der Waals surface area contributed by atoms with Crippen LogP contribution in [0.25, 0.3) is 0 Å². The van der Waals surface area contributed by atoms with Gasteiger partial charge < -0.3 is 15.1 Å². The first kappa shape index (κ1) is 13.7. The normalized spacial score (nSPS) is 10.4. The summed E-state index contributed by atoms with van der Waals surface area (Å²) in [7, 11) is 1.69. The molecule has 0 radical (unpaired) electrons. The molecular weight excluding hydrogens is 218 g/mol. The molecule has 0 saturated heterocycles. The molecule has 0 amide bonds. The fourth-order valence-corrected chi connectivity index (χ4v) is 1.51. The lowest BCUT2D eigenvalue weighted by molar-refractivity contribution is 0.205. The zero-order valence-electron chi connectivity index (χ0n) is 10.7. The third-order valence-electron chi connectivity index (χ3n) is 2.49. The van der Waals surface area contributed by atoms with Crippen molar-refractivity contribution < 1.29 is 4.74 Å². The zero-order valence-corrected chi connectivity index (χ0v) is 10.7. The van der Waals surface area contributed by atoms with Gasteiger partial charge in [0, 0.05) is 32.7 Å². The lowest BCUT2D eigenvalue weighted by Gasteiger charge is -2.22. The maximum Gasteiger partial charge on any atom is 0.145 e. The van der Waals surface area contributed by atoms with Crippen molar-refractivity contribution in [2.45, 2.75) is 20.3 Å². The quantitative estimate of drug-likeness (QED) is 0.541. The van der Waals surface area contributed by atoms with Crippen molar-refractivity contribution in [3.05, 3.63) is 11.9 Å². The SMILES string of the molecule is CCc1nc(NN)cc(N(CC)CCOC)n1. The molecule has 1 rings (SSSR count). The molecule has 0 bridgehead atoms. The molecule has 0 saturated carbocycles. The average molecular weight is 239 g/mol. The highest BCUT2D eigenvalue weighted by Gasteiger charge is 2.09. The molecule has 1 heterocycles. The molecule has 0 unspecified atom stereocenters. The van der Waals surface area contributed by atoms with E-state index in [1.807, 2.05) is 13.0 Å². The number of aromatic nitrogens is 2. The summed E-state index contributed by atoms with van der Waals surface area (Å²) in [5, 5.41) is 0. The highest BCUT2D eigenvalue weighted by atomic mass is 16.5. The van der Waals surface area contributed by atoms with Crippen LogP contribution >= 0.6 is 0 Å². The number of nitrogens with zero attached hydrogens (tertiary/aromatic N) is 3. The van der Waals surface area contributed by atoms with Gasteiger partial charge in [0.05, 0.1) is 6.61 Å². The lowest BCUT2D eigenvalue weighted by Crippen LogP contribution is -2.28. The molecule has 1 aromatic heterocycles. The van der Waals surface area contributed by atoms with Crippen LogP contribution in [0.5, 0.6) is 0 Å². The molecule has 17 heavy (non-hydrogen) atoms. The molecule has 6 heteroatoms. The third kappa shape index (κ3) is 3.83. The third-order valence-corrected chi connectivity index (χ3v) is 2.49. The maximum absolute atomic E-state index is 5.40. The predicted octanol–water partition coefficient (Wildman–Crippen LogP) is 0.797. The monoisotopic (exact) mass is 239 g/mol. The van der Waals surface area contributed by atoms with Gasteiger partial charge in [0.1, 0.15) is 17.5 Å². The summed E-state index contributed by atoms with van der Waals surface area (Å²) in [5.74, 6) is 7.70. The highest BCUT2D eigenvalue weighted by molar-refractivity contribution is 5.48. The Hall–Kier alpha value is -1.40. The molecule has 0 aliphatic rings. The van der Waals surface area contributed by atoms with E-state index in [-0.39, 0.29) is 0 Å². The average Bonchev–Trinajstić information content (AvgIpc) is 2.39. The van der Waals surface area contributed by atoms with Crippen molar-refractivity contribution in [3.63, 3.8) is 0 Å². The Labute approximate surface area is 102 Å². The maximum atomic E-state index is 5.40. The van der Waals surface area contributed by atoms with Crippen LogP contribution in [0.2, 0.25) is 0 Å². The van der Waals surface area contributed by atoms with Crippen LogP contribution in [0.3, 0.4) is 0 Å². The fourth-order valence-electron chi connectivity index (χ4n) is 1.51. The number of nitrogens with one attached hydrogen (secondary N) is 1. The Bertz CT molecular complexity index is 322. The van der Waals surface area contributed by atoms with Gasteiger partial charge in [-0.2, -0.15) is 0 Å². The second-order valence-corrected chi connectivity index (χ2v) is 3.60. The van der Waals surface area contributed by atoms with Gasteiger partial charge >= 0.3 is 0 Å².